The Kier molecular flexibility index (Phi) is 6.15. The van der Waals surface area contributed by atoms with Crippen LogP contribution in [-0.2, 0) is 0 Å². The largest absolute Gasteiger partial charge is 0.336 e. The summed E-state index contributed by atoms with van der Waals surface area (Å²) in [6, 6.07) is 7.25. The smallest absolute Gasteiger partial charge is 0.252 e. The van der Waals surface area contributed by atoms with Gasteiger partial charge in [0.1, 0.15) is 9.75 Å². The number of carbonyl (C=O) groups excluding carboxylic acids is 1. The molecule has 0 fully saturated rings. The van der Waals surface area contributed by atoms with E-state index < -0.39 is 9.17 Å². The molecule has 1 atom stereocenters. The Morgan fingerprint density at radius 3 is 2.81 bits per heavy atom. The Morgan fingerprint density at radius 2 is 2.24 bits per heavy atom. The van der Waals surface area contributed by atoms with Crippen LogP contribution >= 0.6 is 58.3 Å². The Labute approximate surface area is 147 Å². The highest BCUT2D eigenvalue weighted by Crippen LogP contribution is 2.39. The molecule has 1 N–H and O–H groups in total. The van der Waals surface area contributed by atoms with Gasteiger partial charge < -0.3 is 5.32 Å². The Balaban J connectivity index is 2.09. The fourth-order valence-corrected chi connectivity index (χ4v) is 4.24. The predicted molar refractivity (Wildman–Crippen MR) is 95.1 cm³/mol. The molecule has 0 bridgehead atoms. The second kappa shape index (κ2) is 7.47. The molecule has 0 aliphatic carbocycles. The van der Waals surface area contributed by atoms with E-state index in [2.05, 4.69) is 10.3 Å². The maximum atomic E-state index is 12.3. The fourth-order valence-electron chi connectivity index (χ4n) is 1.65. The summed E-state index contributed by atoms with van der Waals surface area (Å²) in [7, 11) is 0. The van der Waals surface area contributed by atoms with E-state index in [0.717, 1.165) is 22.2 Å². The minimum atomic E-state index is -1.62. The normalized spacial score (nSPS) is 16.5. The minimum Gasteiger partial charge on any atom is -0.336 e. The molecular weight excluding hydrogens is 371 g/mol. The van der Waals surface area contributed by atoms with Gasteiger partial charge in [0.15, 0.2) is 0 Å². The summed E-state index contributed by atoms with van der Waals surface area (Å²) in [6.45, 7) is 2.67. The van der Waals surface area contributed by atoms with Gasteiger partial charge in [0.05, 0.1) is 6.54 Å². The third-order valence-corrected chi connectivity index (χ3v) is 6.10. The van der Waals surface area contributed by atoms with Crippen molar-refractivity contribution in [3.05, 3.63) is 35.4 Å². The van der Waals surface area contributed by atoms with Gasteiger partial charge >= 0.3 is 0 Å². The van der Waals surface area contributed by atoms with Gasteiger partial charge in [-0.1, -0.05) is 76.0 Å². The number of amides is 1. The molecule has 0 spiro atoms. The summed E-state index contributed by atoms with van der Waals surface area (Å²) < 4.78 is -0.786. The van der Waals surface area contributed by atoms with Gasteiger partial charge in [-0.05, 0) is 19.1 Å². The van der Waals surface area contributed by atoms with Crippen LogP contribution in [0.1, 0.15) is 15.9 Å². The maximum Gasteiger partial charge on any atom is 0.252 e. The molecule has 21 heavy (non-hydrogen) atoms. The van der Waals surface area contributed by atoms with E-state index >= 15 is 0 Å². The molecule has 1 heterocycles. The number of benzene rings is 1. The van der Waals surface area contributed by atoms with Crippen LogP contribution in [-0.4, -0.2) is 31.7 Å². The van der Waals surface area contributed by atoms with E-state index in [0.29, 0.717) is 5.56 Å². The third kappa shape index (κ3) is 5.25. The molecule has 114 valence electrons. The molecule has 1 aliphatic heterocycles. The quantitative estimate of drug-likeness (QED) is 0.626. The summed E-state index contributed by atoms with van der Waals surface area (Å²) in [5.74, 6) is 0.645. The van der Waals surface area contributed by atoms with Crippen molar-refractivity contribution in [2.45, 2.75) is 16.1 Å². The highest BCUT2D eigenvalue weighted by molar-refractivity contribution is 8.39. The van der Waals surface area contributed by atoms with E-state index in [1.54, 1.807) is 23.9 Å². The Bertz CT molecular complexity index is 561. The van der Waals surface area contributed by atoms with Crippen molar-refractivity contribution in [2.24, 2.45) is 4.99 Å². The van der Waals surface area contributed by atoms with Crippen LogP contribution in [0.2, 0.25) is 0 Å². The van der Waals surface area contributed by atoms with Crippen LogP contribution in [0.3, 0.4) is 0 Å². The van der Waals surface area contributed by atoms with Crippen molar-refractivity contribution in [3.8, 4) is 0 Å². The number of thioether (sulfide) groups is 2. The van der Waals surface area contributed by atoms with Gasteiger partial charge in [0.2, 0.25) is 3.79 Å². The van der Waals surface area contributed by atoms with Gasteiger partial charge in [-0.3, -0.25) is 9.79 Å². The van der Waals surface area contributed by atoms with Crippen molar-refractivity contribution >= 4 is 68.6 Å². The molecule has 1 aromatic rings. The molecular formula is C13H13Cl3N2OS2. The highest BCUT2D eigenvalue weighted by Gasteiger charge is 2.36. The van der Waals surface area contributed by atoms with Gasteiger partial charge in [-0.2, -0.15) is 0 Å². The third-order valence-electron chi connectivity index (χ3n) is 2.62. The number of hydrogen-bond donors (Lipinski definition) is 1. The molecule has 0 saturated carbocycles. The summed E-state index contributed by atoms with van der Waals surface area (Å²) >= 11 is 20.8. The molecule has 3 nitrogen and oxygen atoms in total. The lowest BCUT2D eigenvalue weighted by Gasteiger charge is -2.24. The first-order chi connectivity index (χ1) is 9.86. The lowest BCUT2D eigenvalue weighted by atomic mass is 10.1. The van der Waals surface area contributed by atoms with E-state index in [1.807, 2.05) is 19.1 Å². The number of halogens is 3. The number of nitrogens with one attached hydrogen (secondary N) is 1. The first-order valence-electron chi connectivity index (χ1n) is 6.14. The first-order valence-corrected chi connectivity index (χ1v) is 9.14. The van der Waals surface area contributed by atoms with Crippen LogP contribution in [0.5, 0.6) is 0 Å². The minimum absolute atomic E-state index is 0.272. The fraction of sp³-hybridized carbons (Fsp3) is 0.385. The Morgan fingerprint density at radius 1 is 1.48 bits per heavy atom. The van der Waals surface area contributed by atoms with Crippen LogP contribution in [0.4, 0.5) is 0 Å². The van der Waals surface area contributed by atoms with Crippen molar-refractivity contribution in [1.82, 2.24) is 5.32 Å². The second-order valence-electron chi connectivity index (χ2n) is 4.38. The van der Waals surface area contributed by atoms with Gasteiger partial charge in [-0.25, -0.2) is 0 Å². The van der Waals surface area contributed by atoms with Crippen LogP contribution < -0.4 is 5.32 Å². The number of aliphatic imine (C=N–C) groups is 1. The van der Waals surface area contributed by atoms with E-state index in [9.17, 15) is 4.79 Å². The maximum absolute atomic E-state index is 12.3. The zero-order valence-corrected chi connectivity index (χ0v) is 15.0. The first kappa shape index (κ1) is 17.3. The van der Waals surface area contributed by atoms with Crippen molar-refractivity contribution < 1.29 is 4.79 Å². The van der Waals surface area contributed by atoms with Crippen LogP contribution in [0.25, 0.3) is 0 Å². The number of nitrogens with zero attached hydrogens (tertiary/aromatic N) is 1. The number of alkyl halides is 3. The SMILES string of the molecule is Cc1cccc(C(=O)NC(SC2=NCCS2)C(Cl)(Cl)Cl)c1. The topological polar surface area (TPSA) is 41.5 Å². The van der Waals surface area contributed by atoms with Crippen LogP contribution in [0, 0.1) is 6.92 Å². The molecule has 1 amide bonds. The molecule has 8 heteroatoms. The van der Waals surface area contributed by atoms with Crippen molar-refractivity contribution in [3.63, 3.8) is 0 Å². The summed E-state index contributed by atoms with van der Waals surface area (Å²) in [5.41, 5.74) is 1.53. The molecule has 1 unspecified atom stereocenters. The van der Waals surface area contributed by atoms with Gasteiger partial charge in [0, 0.05) is 11.3 Å². The van der Waals surface area contributed by atoms with Gasteiger partial charge in [-0.15, -0.1) is 0 Å². The number of rotatable bonds is 3. The summed E-state index contributed by atoms with van der Waals surface area (Å²) in [4.78, 5) is 16.6. The predicted octanol–water partition coefficient (Wildman–Crippen LogP) is 4.26. The number of aryl methyl sites for hydroxylation is 1. The molecule has 0 saturated heterocycles. The summed E-state index contributed by atoms with van der Waals surface area (Å²) in [6.07, 6.45) is 0. The van der Waals surface area contributed by atoms with Crippen molar-refractivity contribution in [1.29, 1.82) is 0 Å². The highest BCUT2D eigenvalue weighted by atomic mass is 35.6. The number of hydrogen-bond acceptors (Lipinski definition) is 4. The standard InChI is InChI=1S/C13H13Cl3N2OS2/c1-8-3-2-4-9(7-8)10(19)18-11(13(14,15)16)21-12-17-5-6-20-12/h2-4,7,11H,5-6H2,1H3,(H,18,19). The molecule has 1 aromatic carbocycles. The molecule has 0 radical (unpaired) electrons. The molecule has 1 aliphatic rings. The molecule has 0 aromatic heterocycles. The van der Waals surface area contributed by atoms with Gasteiger partial charge in [0.25, 0.3) is 5.91 Å². The lowest BCUT2D eigenvalue weighted by Crippen LogP contribution is -2.41. The zero-order valence-electron chi connectivity index (χ0n) is 11.1. The van der Waals surface area contributed by atoms with Crippen molar-refractivity contribution in [2.75, 3.05) is 12.3 Å². The Hall–Kier alpha value is -0.0700. The second-order valence-corrected chi connectivity index (χ2v) is 9.18. The average molecular weight is 384 g/mol. The van der Waals surface area contributed by atoms with E-state index in [1.165, 1.54) is 11.8 Å². The average Bonchev–Trinajstić information content (AvgIpc) is 2.89. The molecule has 2 rings (SSSR count). The van der Waals surface area contributed by atoms with Crippen LogP contribution in [0.15, 0.2) is 29.3 Å². The van der Waals surface area contributed by atoms with E-state index in [-0.39, 0.29) is 5.91 Å². The zero-order chi connectivity index (χ0) is 15.5. The summed E-state index contributed by atoms with van der Waals surface area (Å²) in [5, 5.41) is 2.07. The monoisotopic (exact) mass is 382 g/mol. The lowest BCUT2D eigenvalue weighted by molar-refractivity contribution is 0.0950. The number of carbonyl (C=O) groups is 1. The van der Waals surface area contributed by atoms with E-state index in [4.69, 9.17) is 34.8 Å².